The van der Waals surface area contributed by atoms with Gasteiger partial charge in [-0.25, -0.2) is 4.98 Å². The molecule has 0 spiro atoms. The number of aryl methyl sites for hydroxylation is 1. The highest BCUT2D eigenvalue weighted by Crippen LogP contribution is 2.34. The molecule has 3 rings (SSSR count). The summed E-state index contributed by atoms with van der Waals surface area (Å²) in [5.74, 6) is 1.40. The Balaban J connectivity index is 1.81. The smallest absolute Gasteiger partial charge is 0.290 e. The average molecular weight is 362 g/mol. The van der Waals surface area contributed by atoms with Crippen molar-refractivity contribution < 1.29 is 9.21 Å². The fourth-order valence-electron chi connectivity index (χ4n) is 3.50. The number of rotatable bonds is 7. The normalized spacial score (nSPS) is 17.6. The third-order valence-corrected chi connectivity index (χ3v) is 5.84. The molecule has 0 N–H and O–H groups in total. The minimum atomic E-state index is -0.00167. The first-order chi connectivity index (χ1) is 12.2. The van der Waals surface area contributed by atoms with Gasteiger partial charge in [0.25, 0.3) is 5.91 Å². The van der Waals surface area contributed by atoms with E-state index in [1.807, 2.05) is 22.5 Å². The maximum atomic E-state index is 13.1. The zero-order valence-corrected chi connectivity index (χ0v) is 16.1. The molecule has 5 nitrogen and oxygen atoms in total. The lowest BCUT2D eigenvalue weighted by molar-refractivity contribution is 0.0701. The minimum Gasteiger partial charge on any atom is -0.456 e. The number of likely N-dealkylation sites (tertiary alicyclic amines) is 1. The van der Waals surface area contributed by atoms with E-state index in [0.29, 0.717) is 5.76 Å². The molecule has 0 saturated carbocycles. The van der Waals surface area contributed by atoms with Crippen molar-refractivity contribution in [2.45, 2.75) is 52.6 Å². The number of carbonyl (C=O) groups is 1. The van der Waals surface area contributed by atoms with Crippen LogP contribution in [-0.2, 0) is 13.0 Å². The van der Waals surface area contributed by atoms with E-state index in [-0.39, 0.29) is 11.9 Å². The third kappa shape index (κ3) is 3.80. The number of amides is 1. The topological polar surface area (TPSA) is 49.6 Å². The van der Waals surface area contributed by atoms with Crippen molar-refractivity contribution in [1.82, 2.24) is 14.8 Å². The molecule has 1 atom stereocenters. The van der Waals surface area contributed by atoms with Gasteiger partial charge < -0.3 is 9.32 Å². The Morgan fingerprint density at radius 1 is 1.40 bits per heavy atom. The molecule has 1 fully saturated rings. The van der Waals surface area contributed by atoms with Crippen molar-refractivity contribution >= 4 is 17.2 Å². The van der Waals surface area contributed by atoms with Crippen LogP contribution < -0.4 is 0 Å². The lowest BCUT2D eigenvalue weighted by Crippen LogP contribution is -2.30. The van der Waals surface area contributed by atoms with E-state index < -0.39 is 0 Å². The molecule has 1 aliphatic heterocycles. The lowest BCUT2D eigenvalue weighted by atomic mass is 10.2. The van der Waals surface area contributed by atoms with Crippen molar-refractivity contribution in [3.05, 3.63) is 39.7 Å². The summed E-state index contributed by atoms with van der Waals surface area (Å²) in [4.78, 5) is 21.7. The molecule has 136 valence electrons. The van der Waals surface area contributed by atoms with Crippen molar-refractivity contribution in [2.24, 2.45) is 0 Å². The van der Waals surface area contributed by atoms with Gasteiger partial charge >= 0.3 is 0 Å². The Morgan fingerprint density at radius 3 is 2.84 bits per heavy atom. The van der Waals surface area contributed by atoms with Crippen molar-refractivity contribution in [3.8, 4) is 0 Å². The molecule has 0 aromatic carbocycles. The first-order valence-electron chi connectivity index (χ1n) is 9.22. The summed E-state index contributed by atoms with van der Waals surface area (Å²) in [6.07, 6.45) is 4.61. The number of thiazole rings is 1. The Labute approximate surface area is 153 Å². The summed E-state index contributed by atoms with van der Waals surface area (Å²) in [5.41, 5.74) is 1.14. The third-order valence-electron chi connectivity index (χ3n) is 4.97. The summed E-state index contributed by atoms with van der Waals surface area (Å²) in [6, 6.07) is 2.05. The second-order valence-corrected chi connectivity index (χ2v) is 7.33. The van der Waals surface area contributed by atoms with Gasteiger partial charge in [-0.15, -0.1) is 11.3 Å². The van der Waals surface area contributed by atoms with Crippen LogP contribution >= 0.6 is 11.3 Å². The van der Waals surface area contributed by atoms with Crippen LogP contribution in [0.4, 0.5) is 0 Å². The number of carbonyl (C=O) groups excluding carboxylic acids is 1. The Kier molecular flexibility index (Phi) is 5.91. The monoisotopic (exact) mass is 361 g/mol. The average Bonchev–Trinajstić information content (AvgIpc) is 3.38. The summed E-state index contributed by atoms with van der Waals surface area (Å²) >= 11 is 1.62. The van der Waals surface area contributed by atoms with Crippen LogP contribution in [0.2, 0.25) is 0 Å². The van der Waals surface area contributed by atoms with Gasteiger partial charge in [-0.2, -0.15) is 0 Å². The molecule has 2 aromatic heterocycles. The van der Waals surface area contributed by atoms with Crippen LogP contribution in [0.5, 0.6) is 0 Å². The molecule has 0 radical (unpaired) electrons. The number of hydrogen-bond donors (Lipinski definition) is 0. The molecular formula is C19H27N3O2S. The SMILES string of the molecule is CCc1oc(C(=O)N2CCC[C@@H]2c2nccs2)cc1CN(CC)CC. The minimum absolute atomic E-state index is 0.00167. The van der Waals surface area contributed by atoms with Gasteiger partial charge in [-0.1, -0.05) is 20.8 Å². The second-order valence-electron chi connectivity index (χ2n) is 6.40. The predicted molar refractivity (Wildman–Crippen MR) is 99.8 cm³/mol. The summed E-state index contributed by atoms with van der Waals surface area (Å²) in [7, 11) is 0. The molecule has 2 aromatic rings. The molecule has 1 saturated heterocycles. The maximum Gasteiger partial charge on any atom is 0.290 e. The van der Waals surface area contributed by atoms with Crippen LogP contribution in [0.1, 0.15) is 66.5 Å². The van der Waals surface area contributed by atoms with Crippen molar-refractivity contribution in [2.75, 3.05) is 19.6 Å². The van der Waals surface area contributed by atoms with Crippen LogP contribution in [0.3, 0.4) is 0 Å². The summed E-state index contributed by atoms with van der Waals surface area (Å²) in [5, 5.41) is 3.00. The Bertz CT molecular complexity index is 692. The molecule has 6 heteroatoms. The van der Waals surface area contributed by atoms with Crippen LogP contribution in [0, 0.1) is 0 Å². The van der Waals surface area contributed by atoms with Crippen molar-refractivity contribution in [1.29, 1.82) is 0 Å². The highest BCUT2D eigenvalue weighted by atomic mass is 32.1. The van der Waals surface area contributed by atoms with E-state index in [1.54, 1.807) is 11.3 Å². The first-order valence-corrected chi connectivity index (χ1v) is 10.1. The molecule has 0 bridgehead atoms. The summed E-state index contributed by atoms with van der Waals surface area (Å²) in [6.45, 7) is 9.99. The second kappa shape index (κ2) is 8.15. The maximum absolute atomic E-state index is 13.1. The molecule has 1 amide bonds. The Morgan fingerprint density at radius 2 is 2.20 bits per heavy atom. The fourth-order valence-corrected chi connectivity index (χ4v) is 4.29. The molecule has 3 heterocycles. The fraction of sp³-hybridized carbons (Fsp3) is 0.579. The van der Waals surface area contributed by atoms with Crippen LogP contribution in [0.15, 0.2) is 22.1 Å². The van der Waals surface area contributed by atoms with E-state index in [0.717, 1.165) is 61.8 Å². The van der Waals surface area contributed by atoms with E-state index in [1.165, 1.54) is 0 Å². The van der Waals surface area contributed by atoms with Crippen LogP contribution in [0.25, 0.3) is 0 Å². The van der Waals surface area contributed by atoms with E-state index in [2.05, 4.69) is 30.7 Å². The quantitative estimate of drug-likeness (QED) is 0.744. The van der Waals surface area contributed by atoms with Gasteiger partial charge in [0.2, 0.25) is 0 Å². The Hall–Kier alpha value is -1.66. The van der Waals surface area contributed by atoms with Gasteiger partial charge in [-0.05, 0) is 32.0 Å². The lowest BCUT2D eigenvalue weighted by Gasteiger charge is -2.21. The number of hydrogen-bond acceptors (Lipinski definition) is 5. The standard InChI is InChI=1S/C19H27N3O2S/c1-4-16-14(13-21(5-2)6-3)12-17(24-16)19(23)22-10-7-8-15(22)18-20-9-11-25-18/h9,11-12,15H,4-8,10,13H2,1-3H3/t15-/m1/s1. The van der Waals surface area contributed by atoms with Gasteiger partial charge in [0.05, 0.1) is 6.04 Å². The van der Waals surface area contributed by atoms with Gasteiger partial charge in [-0.3, -0.25) is 9.69 Å². The highest BCUT2D eigenvalue weighted by molar-refractivity contribution is 7.09. The molecule has 1 aliphatic rings. The zero-order chi connectivity index (χ0) is 17.8. The molecule has 0 unspecified atom stereocenters. The van der Waals surface area contributed by atoms with E-state index in [4.69, 9.17) is 4.42 Å². The first kappa shape index (κ1) is 18.1. The van der Waals surface area contributed by atoms with E-state index >= 15 is 0 Å². The molecular weight excluding hydrogens is 334 g/mol. The zero-order valence-electron chi connectivity index (χ0n) is 15.3. The molecule has 0 aliphatic carbocycles. The van der Waals surface area contributed by atoms with Gasteiger partial charge in [0.15, 0.2) is 5.76 Å². The van der Waals surface area contributed by atoms with Gasteiger partial charge in [0, 0.05) is 36.7 Å². The molecule has 25 heavy (non-hydrogen) atoms. The van der Waals surface area contributed by atoms with E-state index in [9.17, 15) is 4.79 Å². The van der Waals surface area contributed by atoms with Gasteiger partial charge in [0.1, 0.15) is 10.8 Å². The van der Waals surface area contributed by atoms with Crippen molar-refractivity contribution in [3.63, 3.8) is 0 Å². The predicted octanol–water partition coefficient (Wildman–Crippen LogP) is 4.12. The number of nitrogens with zero attached hydrogens (tertiary/aromatic N) is 3. The number of aromatic nitrogens is 1. The summed E-state index contributed by atoms with van der Waals surface area (Å²) < 4.78 is 5.96. The number of furan rings is 1. The van der Waals surface area contributed by atoms with Crippen LogP contribution in [-0.4, -0.2) is 40.3 Å². The largest absolute Gasteiger partial charge is 0.456 e. The highest BCUT2D eigenvalue weighted by Gasteiger charge is 2.34.